The number of fused-ring (bicyclic) bond motifs is 1. The van der Waals surface area contributed by atoms with E-state index in [-0.39, 0.29) is 29.7 Å². The molecule has 4 rings (SSSR count). The fourth-order valence-electron chi connectivity index (χ4n) is 4.20. The van der Waals surface area contributed by atoms with Gasteiger partial charge < -0.3 is 15.0 Å². The highest BCUT2D eigenvalue weighted by atomic mass is 35.5. The number of ether oxygens (including phenoxy) is 1. The molecular weight excluding hydrogens is 490 g/mol. The van der Waals surface area contributed by atoms with Gasteiger partial charge in [0, 0.05) is 40.5 Å². The predicted octanol–water partition coefficient (Wildman–Crippen LogP) is 4.37. The normalized spacial score (nSPS) is 11.4. The van der Waals surface area contributed by atoms with Gasteiger partial charge >= 0.3 is 0 Å². The van der Waals surface area contributed by atoms with Crippen molar-refractivity contribution in [1.29, 1.82) is 0 Å². The molecule has 2 heterocycles. The van der Waals surface area contributed by atoms with E-state index in [9.17, 15) is 9.59 Å². The van der Waals surface area contributed by atoms with Crippen LogP contribution in [0, 0.1) is 0 Å². The van der Waals surface area contributed by atoms with E-state index in [0.29, 0.717) is 27.5 Å². The Kier molecular flexibility index (Phi) is 7.90. The van der Waals surface area contributed by atoms with Crippen LogP contribution in [0.5, 0.6) is 5.75 Å². The number of nitrogens with one attached hydrogen (secondary N) is 1. The Hall–Kier alpha value is -3.75. The maximum Gasteiger partial charge on any atom is 0.263 e. The summed E-state index contributed by atoms with van der Waals surface area (Å²) in [6, 6.07) is 14.7. The van der Waals surface area contributed by atoms with Crippen LogP contribution in [-0.2, 0) is 17.9 Å². The first-order chi connectivity index (χ1) is 17.7. The number of pyridine rings is 1. The van der Waals surface area contributed by atoms with Gasteiger partial charge in [0.05, 0.1) is 12.5 Å². The first kappa shape index (κ1) is 26.3. The number of halogens is 1. The van der Waals surface area contributed by atoms with Crippen molar-refractivity contribution in [3.8, 4) is 28.3 Å². The quantitative estimate of drug-likeness (QED) is 0.372. The summed E-state index contributed by atoms with van der Waals surface area (Å²) in [5.74, 6) is 0.706. The van der Waals surface area contributed by atoms with Crippen LogP contribution in [0.2, 0.25) is 5.02 Å². The molecule has 0 radical (unpaired) electrons. The molecule has 0 bridgehead atoms. The van der Waals surface area contributed by atoms with Crippen molar-refractivity contribution >= 4 is 28.5 Å². The molecule has 8 nitrogen and oxygen atoms in total. The zero-order valence-electron chi connectivity index (χ0n) is 21.6. The van der Waals surface area contributed by atoms with E-state index in [0.717, 1.165) is 23.2 Å². The van der Waals surface area contributed by atoms with E-state index >= 15 is 0 Å². The van der Waals surface area contributed by atoms with Crippen molar-refractivity contribution in [2.45, 2.75) is 33.0 Å². The van der Waals surface area contributed by atoms with E-state index in [4.69, 9.17) is 16.3 Å². The number of hydrogen-bond donors (Lipinski definition) is 1. The topological polar surface area (TPSA) is 89.3 Å². The number of benzene rings is 2. The SMILES string of the molecule is COc1ccc(CN(C)C)cc1-c1cnc2nc(-c3cccc(Cl)c3)n(CC(=O)NC(C)C)c(=O)c2c1. The van der Waals surface area contributed by atoms with Crippen molar-refractivity contribution in [1.82, 2.24) is 24.8 Å². The Morgan fingerprint density at radius 2 is 1.92 bits per heavy atom. The van der Waals surface area contributed by atoms with Gasteiger partial charge in [-0.05, 0) is 63.8 Å². The average molecular weight is 520 g/mol. The maximum atomic E-state index is 13.8. The summed E-state index contributed by atoms with van der Waals surface area (Å²) in [5, 5.41) is 3.65. The van der Waals surface area contributed by atoms with Crippen LogP contribution >= 0.6 is 11.6 Å². The van der Waals surface area contributed by atoms with Crippen LogP contribution in [0.4, 0.5) is 0 Å². The van der Waals surface area contributed by atoms with Crippen molar-refractivity contribution in [2.75, 3.05) is 21.2 Å². The lowest BCUT2D eigenvalue weighted by atomic mass is 10.0. The number of hydrogen-bond acceptors (Lipinski definition) is 6. The van der Waals surface area contributed by atoms with Gasteiger partial charge in [0.1, 0.15) is 18.1 Å². The van der Waals surface area contributed by atoms with Gasteiger partial charge in [-0.25, -0.2) is 9.97 Å². The molecule has 9 heteroatoms. The monoisotopic (exact) mass is 519 g/mol. The summed E-state index contributed by atoms with van der Waals surface area (Å²) in [5.41, 5.74) is 3.17. The van der Waals surface area contributed by atoms with Gasteiger partial charge in [-0.3, -0.25) is 14.2 Å². The van der Waals surface area contributed by atoms with Gasteiger partial charge in [-0.15, -0.1) is 0 Å². The summed E-state index contributed by atoms with van der Waals surface area (Å²) in [4.78, 5) is 37.8. The molecule has 0 aliphatic rings. The number of carbonyl (C=O) groups is 1. The van der Waals surface area contributed by atoms with Crippen molar-refractivity contribution < 1.29 is 9.53 Å². The van der Waals surface area contributed by atoms with E-state index < -0.39 is 0 Å². The molecule has 0 saturated heterocycles. The van der Waals surface area contributed by atoms with Gasteiger partial charge in [0.25, 0.3) is 5.56 Å². The van der Waals surface area contributed by atoms with Gasteiger partial charge in [0.15, 0.2) is 5.65 Å². The standard InChI is InChI=1S/C28H30ClN5O3/c1-17(2)31-25(35)16-34-27(19-7-6-8-21(29)12-19)32-26-23(28(34)36)13-20(14-30-26)22-11-18(15-33(3)4)9-10-24(22)37-5/h6-14,17H,15-16H2,1-5H3,(H,31,35). The van der Waals surface area contributed by atoms with E-state index in [1.807, 2.05) is 46.1 Å². The minimum absolute atomic E-state index is 0.0681. The molecule has 0 unspecified atom stereocenters. The van der Waals surface area contributed by atoms with Crippen LogP contribution in [0.25, 0.3) is 33.5 Å². The number of amides is 1. The summed E-state index contributed by atoms with van der Waals surface area (Å²) in [6.07, 6.45) is 1.68. The highest BCUT2D eigenvalue weighted by molar-refractivity contribution is 6.30. The Labute approximate surface area is 220 Å². The number of nitrogens with zero attached hydrogens (tertiary/aromatic N) is 4. The average Bonchev–Trinajstić information content (AvgIpc) is 2.84. The van der Waals surface area contributed by atoms with Crippen molar-refractivity contribution in [3.05, 3.63) is 75.7 Å². The predicted molar refractivity (Wildman–Crippen MR) is 147 cm³/mol. The third-order valence-corrected chi connectivity index (χ3v) is 5.95. The van der Waals surface area contributed by atoms with Gasteiger partial charge in [0.2, 0.25) is 5.91 Å². The molecule has 1 N–H and O–H groups in total. The molecule has 0 spiro atoms. The third-order valence-electron chi connectivity index (χ3n) is 5.72. The smallest absolute Gasteiger partial charge is 0.263 e. The lowest BCUT2D eigenvalue weighted by Crippen LogP contribution is -2.37. The van der Waals surface area contributed by atoms with E-state index in [1.165, 1.54) is 4.57 Å². The van der Waals surface area contributed by atoms with Crippen LogP contribution in [0.3, 0.4) is 0 Å². The third kappa shape index (κ3) is 5.98. The van der Waals surface area contributed by atoms with E-state index in [2.05, 4.69) is 20.2 Å². The second kappa shape index (κ2) is 11.1. The Balaban J connectivity index is 1.91. The highest BCUT2D eigenvalue weighted by Crippen LogP contribution is 2.32. The molecular formula is C28H30ClN5O3. The van der Waals surface area contributed by atoms with Crippen LogP contribution in [-0.4, -0.2) is 52.6 Å². The highest BCUT2D eigenvalue weighted by Gasteiger charge is 2.18. The maximum absolute atomic E-state index is 13.8. The first-order valence-corrected chi connectivity index (χ1v) is 12.3. The molecule has 4 aromatic rings. The molecule has 1 amide bonds. The number of rotatable bonds is 8. The fourth-order valence-corrected chi connectivity index (χ4v) is 4.39. The van der Waals surface area contributed by atoms with Crippen molar-refractivity contribution in [2.24, 2.45) is 0 Å². The van der Waals surface area contributed by atoms with Gasteiger partial charge in [-0.2, -0.15) is 0 Å². The van der Waals surface area contributed by atoms with Crippen molar-refractivity contribution in [3.63, 3.8) is 0 Å². The molecule has 0 aliphatic heterocycles. The van der Waals surface area contributed by atoms with Crippen LogP contribution in [0.15, 0.2) is 59.5 Å². The minimum atomic E-state index is -0.364. The first-order valence-electron chi connectivity index (χ1n) is 11.9. The van der Waals surface area contributed by atoms with Crippen LogP contribution in [0.1, 0.15) is 19.4 Å². The summed E-state index contributed by atoms with van der Waals surface area (Å²) in [7, 11) is 5.61. The lowest BCUT2D eigenvalue weighted by Gasteiger charge is -2.16. The summed E-state index contributed by atoms with van der Waals surface area (Å²) >= 11 is 6.22. The second-order valence-electron chi connectivity index (χ2n) is 9.43. The number of carbonyl (C=O) groups excluding carboxylic acids is 1. The molecule has 0 saturated carbocycles. The largest absolute Gasteiger partial charge is 0.496 e. The molecule has 0 aliphatic carbocycles. The Morgan fingerprint density at radius 1 is 1.14 bits per heavy atom. The fraction of sp³-hybridized carbons (Fsp3) is 0.286. The molecule has 0 fully saturated rings. The second-order valence-corrected chi connectivity index (χ2v) is 9.86. The lowest BCUT2D eigenvalue weighted by molar-refractivity contribution is -0.122. The minimum Gasteiger partial charge on any atom is -0.496 e. The zero-order chi connectivity index (χ0) is 26.7. The summed E-state index contributed by atoms with van der Waals surface area (Å²) < 4.78 is 6.97. The zero-order valence-corrected chi connectivity index (χ0v) is 22.3. The Bertz CT molecular complexity index is 1510. The molecule has 37 heavy (non-hydrogen) atoms. The molecule has 192 valence electrons. The molecule has 0 atom stereocenters. The summed E-state index contributed by atoms with van der Waals surface area (Å²) in [6.45, 7) is 4.30. The molecule has 2 aromatic heterocycles. The number of aromatic nitrogens is 3. The number of methoxy groups -OCH3 is 1. The van der Waals surface area contributed by atoms with Gasteiger partial charge in [-0.1, -0.05) is 29.8 Å². The van der Waals surface area contributed by atoms with E-state index in [1.54, 1.807) is 43.6 Å². The van der Waals surface area contributed by atoms with Crippen LogP contribution < -0.4 is 15.6 Å². The molecule has 2 aromatic carbocycles. The Morgan fingerprint density at radius 3 is 2.59 bits per heavy atom.